The first kappa shape index (κ1) is 25.8. The van der Waals surface area contributed by atoms with Gasteiger partial charge in [-0.2, -0.15) is 5.26 Å². The van der Waals surface area contributed by atoms with Crippen LogP contribution < -0.4 is 15.4 Å². The highest BCUT2D eigenvalue weighted by Crippen LogP contribution is 2.27. The molecule has 1 aromatic carbocycles. The van der Waals surface area contributed by atoms with Gasteiger partial charge in [0.05, 0.1) is 19.2 Å². The number of nitrogens with zero attached hydrogens (tertiary/aromatic N) is 3. The highest BCUT2D eigenvalue weighted by Gasteiger charge is 2.33. The Kier molecular flexibility index (Phi) is 8.74. The van der Waals surface area contributed by atoms with E-state index in [2.05, 4.69) is 21.4 Å². The van der Waals surface area contributed by atoms with Crippen molar-refractivity contribution in [3.8, 4) is 11.8 Å². The fourth-order valence-corrected chi connectivity index (χ4v) is 4.36. The Bertz CT molecular complexity index is 869. The Morgan fingerprint density at radius 2 is 1.47 bits per heavy atom. The second kappa shape index (κ2) is 11.5. The van der Waals surface area contributed by atoms with Crippen molar-refractivity contribution in [3.05, 3.63) is 24.3 Å². The number of ether oxygens (including phenoxy) is 1. The number of amides is 2. The number of rotatable bonds is 7. The van der Waals surface area contributed by atoms with Gasteiger partial charge in [-0.3, -0.25) is 19.4 Å². The van der Waals surface area contributed by atoms with Crippen molar-refractivity contribution in [3.63, 3.8) is 0 Å². The number of hydrogen-bond donors (Lipinski definition) is 2. The molecule has 34 heavy (non-hydrogen) atoms. The normalized spacial score (nSPS) is 19.5. The molecule has 0 aromatic heterocycles. The molecule has 1 heterocycles. The van der Waals surface area contributed by atoms with Crippen molar-refractivity contribution in [2.24, 2.45) is 0 Å². The van der Waals surface area contributed by atoms with E-state index in [0.717, 1.165) is 37.8 Å². The summed E-state index contributed by atoms with van der Waals surface area (Å²) in [4.78, 5) is 28.8. The number of halogens is 3. The Morgan fingerprint density at radius 1 is 0.941 bits per heavy atom. The second-order valence-corrected chi connectivity index (χ2v) is 8.83. The van der Waals surface area contributed by atoms with Crippen LogP contribution in [0.1, 0.15) is 38.5 Å². The summed E-state index contributed by atoms with van der Waals surface area (Å²) in [5.41, 5.74) is -0.385. The third-order valence-electron chi connectivity index (χ3n) is 6.12. The van der Waals surface area contributed by atoms with Crippen LogP contribution in [0, 0.1) is 11.3 Å². The number of hydrogen-bond acceptors (Lipinski definition) is 6. The van der Waals surface area contributed by atoms with Crippen LogP contribution in [-0.4, -0.2) is 72.8 Å². The van der Waals surface area contributed by atoms with E-state index in [4.69, 9.17) is 0 Å². The number of nitriles is 1. The summed E-state index contributed by atoms with van der Waals surface area (Å²) < 4.78 is 40.5. The molecule has 11 heteroatoms. The molecule has 186 valence electrons. The van der Waals surface area contributed by atoms with Gasteiger partial charge in [-0.05, 0) is 37.1 Å². The lowest BCUT2D eigenvalue weighted by Crippen LogP contribution is -2.54. The molecule has 3 rings (SSSR count). The summed E-state index contributed by atoms with van der Waals surface area (Å²) in [6.45, 7) is 2.78. The molecule has 0 spiro atoms. The van der Waals surface area contributed by atoms with Gasteiger partial charge in [-0.15, -0.1) is 13.2 Å². The zero-order valence-electron chi connectivity index (χ0n) is 19.0. The highest BCUT2D eigenvalue weighted by atomic mass is 19.4. The summed E-state index contributed by atoms with van der Waals surface area (Å²) in [6.07, 6.45) is 0.686. The van der Waals surface area contributed by atoms with Gasteiger partial charge >= 0.3 is 6.36 Å². The van der Waals surface area contributed by atoms with Gasteiger partial charge in [-0.1, -0.05) is 25.7 Å². The zero-order valence-corrected chi connectivity index (χ0v) is 19.0. The predicted octanol–water partition coefficient (Wildman–Crippen LogP) is 2.87. The summed E-state index contributed by atoms with van der Waals surface area (Å²) >= 11 is 0. The van der Waals surface area contributed by atoms with Gasteiger partial charge in [0, 0.05) is 31.9 Å². The minimum absolute atomic E-state index is 0.137. The lowest BCUT2D eigenvalue weighted by atomic mass is 9.92. The predicted molar refractivity (Wildman–Crippen MR) is 119 cm³/mol. The number of anilines is 1. The van der Waals surface area contributed by atoms with Crippen molar-refractivity contribution in [1.82, 2.24) is 15.1 Å². The number of carbonyl (C=O) groups is 2. The number of nitrogens with one attached hydrogen (secondary N) is 2. The fourth-order valence-electron chi connectivity index (χ4n) is 4.36. The smallest absolute Gasteiger partial charge is 0.406 e. The van der Waals surface area contributed by atoms with Gasteiger partial charge in [0.15, 0.2) is 0 Å². The van der Waals surface area contributed by atoms with E-state index in [-0.39, 0.29) is 30.7 Å². The molecule has 0 unspecified atom stereocenters. The molecule has 2 N–H and O–H groups in total. The first-order valence-electron chi connectivity index (χ1n) is 11.5. The first-order chi connectivity index (χ1) is 16.2. The van der Waals surface area contributed by atoms with Crippen molar-refractivity contribution in [1.29, 1.82) is 5.26 Å². The molecular formula is C23H30F3N5O3. The molecular weight excluding hydrogens is 451 g/mol. The molecule has 2 fully saturated rings. The summed E-state index contributed by atoms with van der Waals surface area (Å²) in [7, 11) is 0. The van der Waals surface area contributed by atoms with E-state index in [1.54, 1.807) is 0 Å². The molecule has 1 aromatic rings. The lowest BCUT2D eigenvalue weighted by molar-refractivity contribution is -0.274. The standard InChI is InChI=1S/C23H30F3N5O3/c24-23(25,26)34-19-7-5-18(6-8-19)28-20(32)15-30-11-13-31(14-12-30)16-21(33)29-22(17-27)9-3-1-2-4-10-22/h5-8H,1-4,9-16H2,(H,28,32)(H,29,33). The molecule has 0 atom stereocenters. The van der Waals surface area contributed by atoms with E-state index < -0.39 is 11.9 Å². The van der Waals surface area contributed by atoms with E-state index in [1.807, 2.05) is 9.80 Å². The van der Waals surface area contributed by atoms with Gasteiger partial charge in [0.25, 0.3) is 0 Å². The van der Waals surface area contributed by atoms with Crippen molar-refractivity contribution in [2.45, 2.75) is 50.4 Å². The third-order valence-corrected chi connectivity index (χ3v) is 6.12. The maximum atomic E-state index is 12.6. The number of benzene rings is 1. The Labute approximate surface area is 197 Å². The van der Waals surface area contributed by atoms with E-state index in [9.17, 15) is 28.0 Å². The fraction of sp³-hybridized carbons (Fsp3) is 0.609. The average Bonchev–Trinajstić information content (AvgIpc) is 3.01. The van der Waals surface area contributed by atoms with Crippen molar-refractivity contribution >= 4 is 17.5 Å². The molecule has 0 radical (unpaired) electrons. The topological polar surface area (TPSA) is 97.7 Å². The first-order valence-corrected chi connectivity index (χ1v) is 11.5. The van der Waals surface area contributed by atoms with Crippen LogP contribution in [0.4, 0.5) is 18.9 Å². The molecule has 1 saturated carbocycles. The summed E-state index contributed by atoms with van der Waals surface area (Å²) in [5.74, 6) is -0.780. The van der Waals surface area contributed by atoms with Crippen LogP contribution in [0.5, 0.6) is 5.75 Å². The number of carbonyl (C=O) groups excluding carboxylic acids is 2. The van der Waals surface area contributed by atoms with Crippen LogP contribution in [0.2, 0.25) is 0 Å². The van der Waals surface area contributed by atoms with Gasteiger partial charge in [-0.25, -0.2) is 0 Å². The summed E-state index contributed by atoms with van der Waals surface area (Å²) in [5, 5.41) is 15.3. The van der Waals surface area contributed by atoms with E-state index >= 15 is 0 Å². The molecule has 2 aliphatic rings. The van der Waals surface area contributed by atoms with Gasteiger partial charge in [0.2, 0.25) is 11.8 Å². The van der Waals surface area contributed by atoms with Crippen LogP contribution in [0.15, 0.2) is 24.3 Å². The van der Waals surface area contributed by atoms with E-state index in [1.165, 1.54) is 12.1 Å². The highest BCUT2D eigenvalue weighted by molar-refractivity contribution is 5.92. The lowest BCUT2D eigenvalue weighted by Gasteiger charge is -2.34. The Hall–Kier alpha value is -2.84. The summed E-state index contributed by atoms with van der Waals surface area (Å²) in [6, 6.07) is 7.29. The van der Waals surface area contributed by atoms with Gasteiger partial charge in [0.1, 0.15) is 11.3 Å². The maximum Gasteiger partial charge on any atom is 0.573 e. The van der Waals surface area contributed by atoms with Gasteiger partial charge < -0.3 is 15.4 Å². The van der Waals surface area contributed by atoms with Crippen LogP contribution in [-0.2, 0) is 9.59 Å². The van der Waals surface area contributed by atoms with Crippen molar-refractivity contribution in [2.75, 3.05) is 44.6 Å². The monoisotopic (exact) mass is 481 g/mol. The Morgan fingerprint density at radius 3 is 1.97 bits per heavy atom. The molecule has 1 aliphatic heterocycles. The minimum Gasteiger partial charge on any atom is -0.406 e. The van der Waals surface area contributed by atoms with E-state index in [0.29, 0.717) is 44.7 Å². The second-order valence-electron chi connectivity index (χ2n) is 8.83. The van der Waals surface area contributed by atoms with Crippen LogP contribution in [0.3, 0.4) is 0 Å². The third kappa shape index (κ3) is 8.18. The molecule has 1 saturated heterocycles. The minimum atomic E-state index is -4.76. The maximum absolute atomic E-state index is 12.6. The molecule has 0 bridgehead atoms. The molecule has 1 aliphatic carbocycles. The average molecular weight is 482 g/mol. The van der Waals surface area contributed by atoms with Crippen LogP contribution in [0.25, 0.3) is 0 Å². The quantitative estimate of drug-likeness (QED) is 0.582. The largest absolute Gasteiger partial charge is 0.573 e. The molecule has 8 nitrogen and oxygen atoms in total. The van der Waals surface area contributed by atoms with Crippen LogP contribution >= 0.6 is 0 Å². The molecule has 2 amide bonds. The number of piperazine rings is 1. The Balaban J connectivity index is 1.38. The SMILES string of the molecule is N#CC1(NC(=O)CN2CCN(CC(=O)Nc3ccc(OC(F)(F)F)cc3)CC2)CCCCCC1. The zero-order chi connectivity index (χ0) is 24.6. The van der Waals surface area contributed by atoms with Crippen molar-refractivity contribution < 1.29 is 27.5 Å². The number of alkyl halides is 3.